The maximum atomic E-state index is 12.3. The SMILES string of the molecule is CC(=O)N1CCC2=C(C1)C(c1cccc3cc(C#N)ncc13)NN2C1CCN(CC2CCNCC2)CC1. The van der Waals surface area contributed by atoms with Crippen molar-refractivity contribution in [2.45, 2.75) is 51.1 Å². The van der Waals surface area contributed by atoms with E-state index >= 15 is 0 Å². The van der Waals surface area contributed by atoms with E-state index in [1.54, 1.807) is 6.92 Å². The molecule has 1 aromatic carbocycles. The summed E-state index contributed by atoms with van der Waals surface area (Å²) in [6, 6.07) is 10.8. The molecule has 0 saturated carbocycles. The third-order valence-electron chi connectivity index (χ3n) is 8.82. The number of nitriles is 1. The lowest BCUT2D eigenvalue weighted by Gasteiger charge is -2.41. The highest BCUT2D eigenvalue weighted by atomic mass is 16.2. The maximum absolute atomic E-state index is 12.3. The van der Waals surface area contributed by atoms with E-state index in [4.69, 9.17) is 0 Å². The van der Waals surface area contributed by atoms with Crippen molar-refractivity contribution in [1.82, 2.24) is 30.5 Å². The number of fused-ring (bicyclic) bond motifs is 1. The van der Waals surface area contributed by atoms with Gasteiger partial charge < -0.3 is 20.1 Å². The predicted molar refractivity (Wildman–Crippen MR) is 143 cm³/mol. The van der Waals surface area contributed by atoms with Gasteiger partial charge in [0.2, 0.25) is 5.91 Å². The van der Waals surface area contributed by atoms with Gasteiger partial charge >= 0.3 is 0 Å². The minimum atomic E-state index is 0.00311. The van der Waals surface area contributed by atoms with E-state index in [-0.39, 0.29) is 11.9 Å². The van der Waals surface area contributed by atoms with Crippen LogP contribution in [-0.4, -0.2) is 77.6 Å². The number of hydrazine groups is 1. The fraction of sp³-hybridized carbons (Fsp3) is 0.552. The standard InChI is InChI=1S/C29H37N7O/c1-20(37)35-14-9-28-27(19-35)29(25-4-2-3-22-15-23(16-30)32-17-26(22)25)33-36(28)24-7-12-34(13-8-24)18-21-5-10-31-11-6-21/h2-4,15,17,21,24,29,31,33H,5-14,18-19H2,1H3. The number of carbonyl (C=O) groups is 1. The number of aromatic nitrogens is 1. The molecule has 8 heteroatoms. The molecule has 5 heterocycles. The molecule has 2 saturated heterocycles. The smallest absolute Gasteiger partial charge is 0.219 e. The van der Waals surface area contributed by atoms with E-state index in [1.165, 1.54) is 36.2 Å². The Morgan fingerprint density at radius 3 is 2.73 bits per heavy atom. The second-order valence-electron chi connectivity index (χ2n) is 11.1. The number of amides is 1. The molecule has 1 atom stereocenters. The van der Waals surface area contributed by atoms with E-state index < -0.39 is 0 Å². The number of rotatable bonds is 4. The zero-order valence-corrected chi connectivity index (χ0v) is 21.7. The number of hydrogen-bond donors (Lipinski definition) is 2. The lowest BCUT2D eigenvalue weighted by Crippen LogP contribution is -2.49. The van der Waals surface area contributed by atoms with E-state index in [2.05, 4.69) is 43.8 Å². The van der Waals surface area contributed by atoms with Crippen LogP contribution in [0.25, 0.3) is 10.8 Å². The minimum absolute atomic E-state index is 0.00311. The Morgan fingerprint density at radius 2 is 1.97 bits per heavy atom. The Labute approximate surface area is 219 Å². The van der Waals surface area contributed by atoms with E-state index in [9.17, 15) is 10.1 Å². The van der Waals surface area contributed by atoms with Gasteiger partial charge in [-0.05, 0) is 67.3 Å². The van der Waals surface area contributed by atoms with Crippen molar-refractivity contribution in [1.29, 1.82) is 5.26 Å². The lowest BCUT2D eigenvalue weighted by atomic mass is 9.92. The summed E-state index contributed by atoms with van der Waals surface area (Å²) in [6.45, 7) is 8.96. The number of pyridine rings is 1. The molecule has 4 aliphatic rings. The molecule has 0 bridgehead atoms. The molecule has 2 fully saturated rings. The number of nitrogens with zero attached hydrogens (tertiary/aromatic N) is 5. The molecule has 2 aromatic rings. The summed E-state index contributed by atoms with van der Waals surface area (Å²) in [6.07, 6.45) is 7.62. The summed E-state index contributed by atoms with van der Waals surface area (Å²) in [7, 11) is 0. The number of carbonyl (C=O) groups excluding carboxylic acids is 1. The van der Waals surface area contributed by atoms with E-state index in [0.29, 0.717) is 18.3 Å². The summed E-state index contributed by atoms with van der Waals surface area (Å²) < 4.78 is 0. The van der Waals surface area contributed by atoms with Gasteiger partial charge in [-0.15, -0.1) is 0 Å². The van der Waals surface area contributed by atoms with Crippen molar-refractivity contribution in [3.05, 3.63) is 53.0 Å². The van der Waals surface area contributed by atoms with Crippen molar-refractivity contribution >= 4 is 16.7 Å². The molecule has 194 valence electrons. The number of piperidine rings is 2. The van der Waals surface area contributed by atoms with E-state index in [0.717, 1.165) is 68.7 Å². The van der Waals surface area contributed by atoms with E-state index in [1.807, 2.05) is 23.2 Å². The van der Waals surface area contributed by atoms with Crippen LogP contribution in [0.2, 0.25) is 0 Å². The molecular weight excluding hydrogens is 462 g/mol. The van der Waals surface area contributed by atoms with Crippen LogP contribution in [0.3, 0.4) is 0 Å². The molecule has 0 spiro atoms. The average molecular weight is 500 g/mol. The molecule has 37 heavy (non-hydrogen) atoms. The molecule has 8 nitrogen and oxygen atoms in total. The predicted octanol–water partition coefficient (Wildman–Crippen LogP) is 2.94. The van der Waals surface area contributed by atoms with Crippen LogP contribution in [0.5, 0.6) is 0 Å². The van der Waals surface area contributed by atoms with Crippen molar-refractivity contribution < 1.29 is 4.79 Å². The number of likely N-dealkylation sites (tertiary alicyclic amines) is 1. The summed E-state index contributed by atoms with van der Waals surface area (Å²) >= 11 is 0. The van der Waals surface area contributed by atoms with Crippen LogP contribution in [0.1, 0.15) is 56.3 Å². The van der Waals surface area contributed by atoms with Crippen LogP contribution in [0, 0.1) is 17.2 Å². The van der Waals surface area contributed by atoms with Crippen molar-refractivity contribution in [3.63, 3.8) is 0 Å². The van der Waals surface area contributed by atoms with Gasteiger partial charge in [0, 0.05) is 69.4 Å². The van der Waals surface area contributed by atoms with Gasteiger partial charge in [-0.3, -0.25) is 4.79 Å². The Balaban J connectivity index is 1.24. The van der Waals surface area contributed by atoms with Crippen molar-refractivity contribution in [2.24, 2.45) is 5.92 Å². The van der Waals surface area contributed by atoms with Crippen LogP contribution >= 0.6 is 0 Å². The number of benzene rings is 1. The van der Waals surface area contributed by atoms with Crippen LogP contribution in [0.15, 0.2) is 41.7 Å². The fourth-order valence-electron chi connectivity index (χ4n) is 6.75. The maximum Gasteiger partial charge on any atom is 0.219 e. The minimum Gasteiger partial charge on any atom is -0.338 e. The first-order valence-electron chi connectivity index (χ1n) is 13.9. The van der Waals surface area contributed by atoms with Crippen LogP contribution in [0.4, 0.5) is 0 Å². The first kappa shape index (κ1) is 24.4. The molecular formula is C29H37N7O. The first-order chi connectivity index (χ1) is 18.1. The number of nitrogens with one attached hydrogen (secondary N) is 2. The summed E-state index contributed by atoms with van der Waals surface area (Å²) in [5, 5.41) is 17.4. The van der Waals surface area contributed by atoms with Gasteiger partial charge in [0.1, 0.15) is 11.8 Å². The second-order valence-corrected chi connectivity index (χ2v) is 11.1. The molecule has 0 aliphatic carbocycles. The molecule has 6 rings (SSSR count). The highest BCUT2D eigenvalue weighted by Gasteiger charge is 2.40. The summed E-state index contributed by atoms with van der Waals surface area (Å²) in [5.41, 5.74) is 8.17. The third kappa shape index (κ3) is 4.84. The molecule has 1 aromatic heterocycles. The zero-order chi connectivity index (χ0) is 25.4. The van der Waals surface area contributed by atoms with Crippen molar-refractivity contribution in [3.8, 4) is 6.07 Å². The van der Waals surface area contributed by atoms with Gasteiger partial charge in [-0.25, -0.2) is 10.4 Å². The zero-order valence-electron chi connectivity index (χ0n) is 21.7. The second kappa shape index (κ2) is 10.4. The Hall–Kier alpha value is -2.99. The first-order valence-corrected chi connectivity index (χ1v) is 13.9. The Bertz CT molecular complexity index is 1240. The largest absolute Gasteiger partial charge is 0.338 e. The molecule has 1 amide bonds. The highest BCUT2D eigenvalue weighted by Crippen LogP contribution is 2.41. The normalized spacial score (nSPS) is 23.9. The fourth-order valence-corrected chi connectivity index (χ4v) is 6.75. The van der Waals surface area contributed by atoms with Crippen LogP contribution < -0.4 is 10.7 Å². The van der Waals surface area contributed by atoms with Crippen LogP contribution in [-0.2, 0) is 4.79 Å². The van der Waals surface area contributed by atoms with Gasteiger partial charge in [-0.2, -0.15) is 5.26 Å². The monoisotopic (exact) mass is 499 g/mol. The molecule has 4 aliphatic heterocycles. The summed E-state index contributed by atoms with van der Waals surface area (Å²) in [5.74, 6) is 0.965. The average Bonchev–Trinajstić information content (AvgIpc) is 3.32. The van der Waals surface area contributed by atoms with Gasteiger partial charge in [0.15, 0.2) is 0 Å². The Morgan fingerprint density at radius 1 is 1.16 bits per heavy atom. The molecule has 1 unspecified atom stereocenters. The topological polar surface area (TPSA) is 87.5 Å². The van der Waals surface area contributed by atoms with Gasteiger partial charge in [0.05, 0.1) is 6.04 Å². The third-order valence-corrected chi connectivity index (χ3v) is 8.82. The quantitative estimate of drug-likeness (QED) is 0.669. The molecule has 2 N–H and O–H groups in total. The van der Waals surface area contributed by atoms with Gasteiger partial charge in [-0.1, -0.05) is 18.2 Å². The number of hydrogen-bond acceptors (Lipinski definition) is 7. The Kier molecular flexibility index (Phi) is 6.85. The van der Waals surface area contributed by atoms with Crippen molar-refractivity contribution in [2.75, 3.05) is 45.8 Å². The molecule has 0 radical (unpaired) electrons. The summed E-state index contributed by atoms with van der Waals surface area (Å²) in [4.78, 5) is 21.3. The lowest BCUT2D eigenvalue weighted by molar-refractivity contribution is -0.128. The van der Waals surface area contributed by atoms with Gasteiger partial charge in [0.25, 0.3) is 0 Å². The highest BCUT2D eigenvalue weighted by molar-refractivity contribution is 5.86.